The van der Waals surface area contributed by atoms with E-state index in [1.54, 1.807) is 11.8 Å². The number of ether oxygens (including phenoxy) is 1. The fraction of sp³-hybridized carbons (Fsp3) is 0.857. The lowest BCUT2D eigenvalue weighted by atomic mass is 10.1. The zero-order valence-electron chi connectivity index (χ0n) is 12.5. The predicted molar refractivity (Wildman–Crippen MR) is 75.4 cm³/mol. The van der Waals surface area contributed by atoms with E-state index in [1.165, 1.54) is 6.42 Å². The van der Waals surface area contributed by atoms with Crippen LogP contribution in [0.5, 0.6) is 0 Å². The molecule has 0 bridgehead atoms. The Labute approximate surface area is 120 Å². The number of nitrogens with zero attached hydrogens (tertiary/aromatic N) is 3. The Morgan fingerprint density at radius 2 is 1.75 bits per heavy atom. The lowest BCUT2D eigenvalue weighted by Crippen LogP contribution is -2.51. The van der Waals surface area contributed by atoms with Gasteiger partial charge in [0, 0.05) is 38.6 Å². The molecule has 0 N–H and O–H groups in total. The van der Waals surface area contributed by atoms with E-state index >= 15 is 0 Å². The number of likely N-dealkylation sites (tertiary alicyclic amines) is 1. The smallest absolute Gasteiger partial charge is 0.409 e. The number of rotatable bonds is 3. The molecule has 1 atom stereocenters. The summed E-state index contributed by atoms with van der Waals surface area (Å²) in [6, 6.07) is 0.394. The minimum Gasteiger partial charge on any atom is -0.450 e. The predicted octanol–water partition coefficient (Wildman–Crippen LogP) is 0.771. The fourth-order valence-electron chi connectivity index (χ4n) is 2.92. The summed E-state index contributed by atoms with van der Waals surface area (Å²) in [4.78, 5) is 29.7. The summed E-state index contributed by atoms with van der Waals surface area (Å²) in [6.45, 7) is 5.68. The molecule has 0 radical (unpaired) electrons. The van der Waals surface area contributed by atoms with Crippen LogP contribution in [-0.4, -0.2) is 79.1 Å². The summed E-state index contributed by atoms with van der Waals surface area (Å²) in [5, 5.41) is 0. The number of carbonyl (C=O) groups excluding carboxylic acids is 2. The van der Waals surface area contributed by atoms with Crippen molar-refractivity contribution in [3.05, 3.63) is 0 Å². The highest BCUT2D eigenvalue weighted by atomic mass is 16.6. The van der Waals surface area contributed by atoms with Gasteiger partial charge in [-0.1, -0.05) is 0 Å². The number of carbonyl (C=O) groups is 2. The highest BCUT2D eigenvalue weighted by molar-refractivity contribution is 5.77. The van der Waals surface area contributed by atoms with Crippen molar-refractivity contribution >= 4 is 12.0 Å². The first-order valence-electron chi connectivity index (χ1n) is 7.51. The van der Waals surface area contributed by atoms with Gasteiger partial charge in [-0.15, -0.1) is 0 Å². The molecule has 0 spiro atoms. The second-order valence-electron chi connectivity index (χ2n) is 5.55. The standard InChI is InChI=1S/C14H25N3O3/c1-3-20-14(19)17-9-7-16(8-10-17)13(18)11-12-5-4-6-15(12)2/h12H,3-11H2,1-2H3. The quantitative estimate of drug-likeness (QED) is 0.768. The van der Waals surface area contributed by atoms with Crippen molar-refractivity contribution in [3.63, 3.8) is 0 Å². The minimum atomic E-state index is -0.268. The third-order valence-electron chi connectivity index (χ3n) is 4.24. The van der Waals surface area contributed by atoms with Gasteiger partial charge in [0.2, 0.25) is 5.91 Å². The van der Waals surface area contributed by atoms with E-state index < -0.39 is 0 Å². The Bertz CT molecular complexity index is 354. The largest absolute Gasteiger partial charge is 0.450 e. The molecular formula is C14H25N3O3. The summed E-state index contributed by atoms with van der Waals surface area (Å²) in [5.74, 6) is 0.215. The molecule has 2 rings (SSSR count). The summed E-state index contributed by atoms with van der Waals surface area (Å²) in [7, 11) is 2.09. The summed E-state index contributed by atoms with van der Waals surface area (Å²) in [5.41, 5.74) is 0. The molecule has 2 saturated heterocycles. The Kier molecular flexibility index (Phi) is 5.23. The summed E-state index contributed by atoms with van der Waals surface area (Å²) in [6.07, 6.45) is 2.64. The van der Waals surface area contributed by atoms with Gasteiger partial charge >= 0.3 is 6.09 Å². The first kappa shape index (κ1) is 15.1. The minimum absolute atomic E-state index is 0.215. The van der Waals surface area contributed by atoms with Crippen molar-refractivity contribution in [2.75, 3.05) is 46.4 Å². The van der Waals surface area contributed by atoms with Crippen molar-refractivity contribution < 1.29 is 14.3 Å². The molecule has 6 heteroatoms. The van der Waals surface area contributed by atoms with Crippen LogP contribution >= 0.6 is 0 Å². The molecule has 2 amide bonds. The zero-order chi connectivity index (χ0) is 14.5. The van der Waals surface area contributed by atoms with Crippen LogP contribution < -0.4 is 0 Å². The molecule has 6 nitrogen and oxygen atoms in total. The van der Waals surface area contributed by atoms with Gasteiger partial charge in [-0.3, -0.25) is 4.79 Å². The second kappa shape index (κ2) is 6.92. The molecule has 114 valence electrons. The van der Waals surface area contributed by atoms with Crippen LogP contribution in [0.2, 0.25) is 0 Å². The van der Waals surface area contributed by atoms with Crippen LogP contribution in [0.4, 0.5) is 4.79 Å². The van der Waals surface area contributed by atoms with E-state index in [-0.39, 0.29) is 12.0 Å². The Hall–Kier alpha value is -1.30. The molecule has 0 aromatic rings. The van der Waals surface area contributed by atoms with E-state index in [4.69, 9.17) is 4.74 Å². The lowest BCUT2D eigenvalue weighted by Gasteiger charge is -2.35. The molecule has 1 unspecified atom stereocenters. The molecule has 0 aliphatic carbocycles. The van der Waals surface area contributed by atoms with Crippen LogP contribution in [0.25, 0.3) is 0 Å². The fourth-order valence-corrected chi connectivity index (χ4v) is 2.92. The van der Waals surface area contributed by atoms with Crippen LogP contribution in [0, 0.1) is 0 Å². The molecule has 20 heavy (non-hydrogen) atoms. The van der Waals surface area contributed by atoms with Crippen molar-refractivity contribution in [1.29, 1.82) is 0 Å². The Balaban J connectivity index is 1.75. The van der Waals surface area contributed by atoms with Gasteiger partial charge in [0.15, 0.2) is 0 Å². The van der Waals surface area contributed by atoms with Crippen LogP contribution in [0.3, 0.4) is 0 Å². The monoisotopic (exact) mass is 283 g/mol. The first-order valence-corrected chi connectivity index (χ1v) is 7.51. The molecule has 2 heterocycles. The maximum Gasteiger partial charge on any atom is 0.409 e. The van der Waals surface area contributed by atoms with E-state index in [9.17, 15) is 9.59 Å². The average Bonchev–Trinajstić information content (AvgIpc) is 2.85. The number of piperazine rings is 1. The third kappa shape index (κ3) is 3.62. The number of hydrogen-bond donors (Lipinski definition) is 0. The van der Waals surface area contributed by atoms with E-state index in [0.29, 0.717) is 45.2 Å². The van der Waals surface area contributed by atoms with Crippen molar-refractivity contribution in [2.45, 2.75) is 32.2 Å². The van der Waals surface area contributed by atoms with Crippen LogP contribution in [0.1, 0.15) is 26.2 Å². The highest BCUT2D eigenvalue weighted by Crippen LogP contribution is 2.19. The average molecular weight is 283 g/mol. The van der Waals surface area contributed by atoms with Crippen molar-refractivity contribution in [1.82, 2.24) is 14.7 Å². The van der Waals surface area contributed by atoms with Gasteiger partial charge in [0.05, 0.1) is 6.61 Å². The molecule has 2 fully saturated rings. The molecule has 2 aliphatic rings. The third-order valence-corrected chi connectivity index (χ3v) is 4.24. The van der Waals surface area contributed by atoms with Gasteiger partial charge in [-0.25, -0.2) is 4.79 Å². The summed E-state index contributed by atoms with van der Waals surface area (Å²) >= 11 is 0. The van der Waals surface area contributed by atoms with Crippen LogP contribution in [0.15, 0.2) is 0 Å². The molecule has 0 aromatic carbocycles. The zero-order valence-corrected chi connectivity index (χ0v) is 12.5. The van der Waals surface area contributed by atoms with Crippen LogP contribution in [-0.2, 0) is 9.53 Å². The highest BCUT2D eigenvalue weighted by Gasteiger charge is 2.28. The topological polar surface area (TPSA) is 53.1 Å². The number of amides is 2. The maximum absolute atomic E-state index is 12.3. The summed E-state index contributed by atoms with van der Waals surface area (Å²) < 4.78 is 4.98. The van der Waals surface area contributed by atoms with E-state index in [2.05, 4.69) is 11.9 Å². The van der Waals surface area contributed by atoms with Crippen molar-refractivity contribution in [3.8, 4) is 0 Å². The first-order chi connectivity index (χ1) is 9.61. The van der Waals surface area contributed by atoms with E-state index in [0.717, 1.165) is 13.0 Å². The molecule has 0 aromatic heterocycles. The number of hydrogen-bond acceptors (Lipinski definition) is 4. The normalized spacial score (nSPS) is 24.0. The van der Waals surface area contributed by atoms with Gasteiger partial charge in [-0.2, -0.15) is 0 Å². The van der Waals surface area contributed by atoms with Gasteiger partial charge in [0.25, 0.3) is 0 Å². The lowest BCUT2D eigenvalue weighted by molar-refractivity contribution is -0.133. The van der Waals surface area contributed by atoms with Gasteiger partial charge in [0.1, 0.15) is 0 Å². The molecule has 0 saturated carbocycles. The van der Waals surface area contributed by atoms with Gasteiger partial charge in [-0.05, 0) is 33.4 Å². The SMILES string of the molecule is CCOC(=O)N1CCN(C(=O)CC2CCCN2C)CC1. The van der Waals surface area contributed by atoms with E-state index in [1.807, 2.05) is 4.90 Å². The molecule has 2 aliphatic heterocycles. The molecular weight excluding hydrogens is 258 g/mol. The Morgan fingerprint density at radius 1 is 1.10 bits per heavy atom. The Morgan fingerprint density at radius 3 is 2.30 bits per heavy atom. The second-order valence-corrected chi connectivity index (χ2v) is 5.55. The van der Waals surface area contributed by atoms with Gasteiger partial charge < -0.3 is 19.4 Å². The maximum atomic E-state index is 12.3. The van der Waals surface area contributed by atoms with Crippen molar-refractivity contribution in [2.24, 2.45) is 0 Å².